The second-order valence-electron chi connectivity index (χ2n) is 5.25. The highest BCUT2D eigenvalue weighted by molar-refractivity contribution is 7.24. The zero-order valence-corrected chi connectivity index (χ0v) is 13.5. The van der Waals surface area contributed by atoms with E-state index in [2.05, 4.69) is 4.74 Å². The van der Waals surface area contributed by atoms with E-state index in [4.69, 9.17) is 0 Å². The Morgan fingerprint density at radius 3 is 2.48 bits per heavy atom. The molecule has 0 aliphatic rings. The molecule has 23 heavy (non-hydrogen) atoms. The van der Waals surface area contributed by atoms with Crippen molar-refractivity contribution < 1.29 is 14.3 Å². The number of Topliss-reactive ketones (excluding diaryl/α,β-unsaturated/α-hetero) is 1. The average molecular weight is 326 g/mol. The van der Waals surface area contributed by atoms with E-state index in [9.17, 15) is 14.4 Å². The van der Waals surface area contributed by atoms with Crippen LogP contribution in [-0.2, 0) is 9.53 Å². The third kappa shape index (κ3) is 2.64. The highest BCUT2D eigenvalue weighted by Crippen LogP contribution is 2.25. The number of carbonyl (C=O) groups is 2. The molecule has 0 N–H and O–H groups in total. The van der Waals surface area contributed by atoms with Crippen LogP contribution in [0, 0.1) is 5.92 Å². The summed E-state index contributed by atoms with van der Waals surface area (Å²) in [5, 5.41) is 1.13. The van der Waals surface area contributed by atoms with Gasteiger partial charge in [0.15, 0.2) is 11.2 Å². The first-order chi connectivity index (χ1) is 11.0. The van der Waals surface area contributed by atoms with Crippen molar-refractivity contribution >= 4 is 43.3 Å². The molecule has 116 valence electrons. The van der Waals surface area contributed by atoms with E-state index >= 15 is 0 Å². The minimum Gasteiger partial charge on any atom is -0.468 e. The Morgan fingerprint density at radius 1 is 1.04 bits per heavy atom. The van der Waals surface area contributed by atoms with Gasteiger partial charge >= 0.3 is 5.97 Å². The molecule has 3 rings (SSSR count). The smallest absolute Gasteiger partial charge is 0.316 e. The van der Waals surface area contributed by atoms with Gasteiger partial charge in [-0.2, -0.15) is 0 Å². The number of ether oxygens (including phenoxy) is 1. The Hall–Kier alpha value is -2.53. The van der Waals surface area contributed by atoms with Gasteiger partial charge in [-0.25, -0.2) is 0 Å². The molecule has 1 heterocycles. The highest BCUT2D eigenvalue weighted by Gasteiger charge is 2.23. The van der Waals surface area contributed by atoms with Crippen molar-refractivity contribution in [3.63, 3.8) is 0 Å². The molecule has 1 aromatic heterocycles. The first-order valence-corrected chi connectivity index (χ1v) is 7.92. The molecular formula is C18H14O4S. The molecule has 2 aromatic carbocycles. The predicted molar refractivity (Wildman–Crippen MR) is 91.1 cm³/mol. The van der Waals surface area contributed by atoms with Gasteiger partial charge in [0.05, 0.1) is 7.11 Å². The van der Waals surface area contributed by atoms with Crippen LogP contribution in [0.15, 0.2) is 47.3 Å². The quantitative estimate of drug-likeness (QED) is 0.320. The summed E-state index contributed by atoms with van der Waals surface area (Å²) in [4.78, 5) is 36.5. The monoisotopic (exact) mass is 326 g/mol. The number of benzene rings is 2. The van der Waals surface area contributed by atoms with E-state index in [1.165, 1.54) is 25.4 Å². The molecule has 0 aliphatic heterocycles. The second kappa shape index (κ2) is 5.93. The highest BCUT2D eigenvalue weighted by atomic mass is 32.1. The van der Waals surface area contributed by atoms with Gasteiger partial charge in [-0.3, -0.25) is 14.4 Å². The fourth-order valence-corrected chi connectivity index (χ4v) is 3.54. The molecule has 0 bridgehead atoms. The second-order valence-corrected chi connectivity index (χ2v) is 6.33. The summed E-state index contributed by atoms with van der Waals surface area (Å²) < 4.78 is 6.33. The van der Waals surface area contributed by atoms with Crippen molar-refractivity contribution in [1.29, 1.82) is 0 Å². The normalized spacial score (nSPS) is 12.3. The van der Waals surface area contributed by atoms with Crippen LogP contribution in [0.4, 0.5) is 0 Å². The number of rotatable bonds is 3. The molecule has 1 unspecified atom stereocenters. The lowest BCUT2D eigenvalue weighted by Gasteiger charge is -2.09. The van der Waals surface area contributed by atoms with Crippen molar-refractivity contribution in [1.82, 2.24) is 0 Å². The van der Waals surface area contributed by atoms with Gasteiger partial charge in [0.1, 0.15) is 5.92 Å². The zero-order valence-electron chi connectivity index (χ0n) is 12.7. The number of methoxy groups -OCH3 is 1. The van der Waals surface area contributed by atoms with Gasteiger partial charge in [0.25, 0.3) is 0 Å². The van der Waals surface area contributed by atoms with Gasteiger partial charge < -0.3 is 4.74 Å². The van der Waals surface area contributed by atoms with E-state index in [0.717, 1.165) is 9.40 Å². The fraction of sp³-hybridized carbons (Fsp3) is 0.167. The predicted octanol–water partition coefficient (Wildman–Crippen LogP) is 3.41. The number of hydrogen-bond donors (Lipinski definition) is 0. The summed E-state index contributed by atoms with van der Waals surface area (Å²) in [5.74, 6) is -1.83. The van der Waals surface area contributed by atoms with Crippen molar-refractivity contribution in [3.05, 3.63) is 58.3 Å². The molecule has 0 spiro atoms. The molecule has 4 nitrogen and oxygen atoms in total. The van der Waals surface area contributed by atoms with E-state index < -0.39 is 11.9 Å². The first kappa shape index (κ1) is 15.4. The molecule has 3 aromatic rings. The molecule has 0 fully saturated rings. The van der Waals surface area contributed by atoms with Crippen LogP contribution in [0.2, 0.25) is 0 Å². The van der Waals surface area contributed by atoms with Crippen LogP contribution in [0.5, 0.6) is 0 Å². The Kier molecular flexibility index (Phi) is 3.96. The molecule has 0 radical (unpaired) electrons. The number of fused-ring (bicyclic) bond motifs is 2. The SMILES string of the molecule is COC(=O)C(C)C(=O)c1ccc2sc3ccccc3c(=O)c2c1. The Morgan fingerprint density at radius 2 is 1.74 bits per heavy atom. The van der Waals surface area contributed by atoms with Crippen LogP contribution < -0.4 is 5.43 Å². The lowest BCUT2D eigenvalue weighted by molar-refractivity contribution is -0.143. The Labute approximate surface area is 136 Å². The van der Waals surface area contributed by atoms with Crippen molar-refractivity contribution in [2.45, 2.75) is 6.92 Å². The van der Waals surface area contributed by atoms with E-state index in [1.807, 2.05) is 18.2 Å². The average Bonchev–Trinajstić information content (AvgIpc) is 2.59. The summed E-state index contributed by atoms with van der Waals surface area (Å²) in [6.07, 6.45) is 0. The van der Waals surface area contributed by atoms with Crippen LogP contribution in [0.1, 0.15) is 17.3 Å². The zero-order chi connectivity index (χ0) is 16.6. The summed E-state index contributed by atoms with van der Waals surface area (Å²) >= 11 is 1.50. The molecule has 0 aliphatic carbocycles. The number of carbonyl (C=O) groups excluding carboxylic acids is 2. The molecule has 0 saturated carbocycles. The molecule has 1 atom stereocenters. The van der Waals surface area contributed by atoms with E-state index in [1.54, 1.807) is 24.3 Å². The summed E-state index contributed by atoms with van der Waals surface area (Å²) in [6, 6.07) is 12.4. The first-order valence-electron chi connectivity index (χ1n) is 7.10. The van der Waals surface area contributed by atoms with Crippen molar-refractivity contribution in [3.8, 4) is 0 Å². The summed E-state index contributed by atoms with van der Waals surface area (Å²) in [6.45, 7) is 1.50. The lowest BCUT2D eigenvalue weighted by Crippen LogP contribution is -2.22. The van der Waals surface area contributed by atoms with Crippen LogP contribution >= 0.6 is 11.3 Å². The standard InChI is InChI=1S/C18H14O4S/c1-10(18(21)22-2)16(19)11-7-8-15-13(9-11)17(20)12-5-3-4-6-14(12)23-15/h3-10H,1-2H3. The Bertz CT molecular complexity index is 987. The third-order valence-electron chi connectivity index (χ3n) is 3.81. The Balaban J connectivity index is 2.17. The van der Waals surface area contributed by atoms with Gasteiger partial charge in [0, 0.05) is 25.7 Å². The minimum atomic E-state index is -0.892. The van der Waals surface area contributed by atoms with Crippen LogP contribution in [-0.4, -0.2) is 18.9 Å². The molecule has 5 heteroatoms. The van der Waals surface area contributed by atoms with Crippen molar-refractivity contribution in [2.75, 3.05) is 7.11 Å². The largest absolute Gasteiger partial charge is 0.468 e. The minimum absolute atomic E-state index is 0.102. The number of ketones is 1. The molecule has 0 saturated heterocycles. The van der Waals surface area contributed by atoms with Crippen LogP contribution in [0.25, 0.3) is 20.2 Å². The lowest BCUT2D eigenvalue weighted by atomic mass is 9.98. The fourth-order valence-electron chi connectivity index (χ4n) is 2.49. The molecule has 0 amide bonds. The van der Waals surface area contributed by atoms with Crippen LogP contribution in [0.3, 0.4) is 0 Å². The van der Waals surface area contributed by atoms with Gasteiger partial charge in [-0.15, -0.1) is 11.3 Å². The number of esters is 1. The molecular weight excluding hydrogens is 312 g/mol. The van der Waals surface area contributed by atoms with Gasteiger partial charge in [0.2, 0.25) is 0 Å². The van der Waals surface area contributed by atoms with Gasteiger partial charge in [-0.05, 0) is 37.3 Å². The van der Waals surface area contributed by atoms with E-state index in [0.29, 0.717) is 16.3 Å². The topological polar surface area (TPSA) is 60.4 Å². The maximum absolute atomic E-state index is 12.6. The summed E-state index contributed by atoms with van der Waals surface area (Å²) in [7, 11) is 1.25. The van der Waals surface area contributed by atoms with Crippen molar-refractivity contribution in [2.24, 2.45) is 5.92 Å². The maximum Gasteiger partial charge on any atom is 0.316 e. The number of hydrogen-bond acceptors (Lipinski definition) is 5. The van der Waals surface area contributed by atoms with Gasteiger partial charge in [-0.1, -0.05) is 12.1 Å². The summed E-state index contributed by atoms with van der Waals surface area (Å²) in [5.41, 5.74) is 0.240. The maximum atomic E-state index is 12.6. The van der Waals surface area contributed by atoms with E-state index in [-0.39, 0.29) is 11.2 Å². The third-order valence-corrected chi connectivity index (χ3v) is 4.96.